The highest BCUT2D eigenvalue weighted by Crippen LogP contribution is 2.39. The molecule has 1 aliphatic rings. The Morgan fingerprint density at radius 1 is 1.46 bits per heavy atom. The zero-order valence-electron chi connectivity index (χ0n) is 13.5. The fourth-order valence-electron chi connectivity index (χ4n) is 2.36. The van der Waals surface area contributed by atoms with Crippen molar-refractivity contribution in [2.24, 2.45) is 15.7 Å². The van der Waals surface area contributed by atoms with Gasteiger partial charge in [-0.25, -0.2) is 9.98 Å². The number of fused-ring (bicyclic) bond motifs is 3. The number of aromatic nitrogens is 1. The summed E-state index contributed by atoms with van der Waals surface area (Å²) in [7, 11) is 0. The van der Waals surface area contributed by atoms with E-state index < -0.39 is 12.2 Å². The summed E-state index contributed by atoms with van der Waals surface area (Å²) in [5.74, 6) is 0.537. The number of thiazole rings is 1. The minimum absolute atomic E-state index is 0.130. The third kappa shape index (κ3) is 3.90. The second kappa shape index (κ2) is 7.36. The molecule has 1 atom stereocenters. The maximum absolute atomic E-state index is 12.9. The molecule has 26 heavy (non-hydrogen) atoms. The lowest BCUT2D eigenvalue weighted by molar-refractivity contribution is -0.142. The van der Waals surface area contributed by atoms with Gasteiger partial charge in [0.05, 0.1) is 18.6 Å². The van der Waals surface area contributed by atoms with Crippen molar-refractivity contribution >= 4 is 39.4 Å². The van der Waals surface area contributed by atoms with Crippen LogP contribution in [0.15, 0.2) is 32.7 Å². The molecule has 10 heteroatoms. The number of hydrogen-bond acceptors (Lipinski definition) is 4. The molecule has 0 spiro atoms. The molecule has 0 saturated heterocycles. The maximum Gasteiger partial charge on any atom is 0.410 e. The van der Waals surface area contributed by atoms with Gasteiger partial charge in [-0.3, -0.25) is 4.99 Å². The van der Waals surface area contributed by atoms with E-state index in [0.717, 1.165) is 28.2 Å². The Morgan fingerprint density at radius 3 is 2.92 bits per heavy atom. The molecule has 0 fully saturated rings. The summed E-state index contributed by atoms with van der Waals surface area (Å²) in [6.07, 6.45) is -2.95. The molecule has 5 nitrogen and oxygen atoms in total. The Bertz CT molecular complexity index is 879. The van der Waals surface area contributed by atoms with Crippen LogP contribution in [0, 0.1) is 0 Å². The minimum atomic E-state index is -4.46. The van der Waals surface area contributed by atoms with E-state index in [1.807, 2.05) is 18.2 Å². The van der Waals surface area contributed by atoms with Crippen LogP contribution in [0.3, 0.4) is 0 Å². The monoisotopic (exact) mass is 446 g/mol. The van der Waals surface area contributed by atoms with Gasteiger partial charge in [-0.05, 0) is 25.1 Å². The molecule has 2 heterocycles. The molecule has 2 aromatic rings. The predicted octanol–water partition coefficient (Wildman–Crippen LogP) is 4.19. The molecule has 0 bridgehead atoms. The zero-order valence-corrected chi connectivity index (χ0v) is 16.0. The van der Waals surface area contributed by atoms with Crippen LogP contribution in [0.2, 0.25) is 0 Å². The highest BCUT2D eigenvalue weighted by molar-refractivity contribution is 9.10. The van der Waals surface area contributed by atoms with Gasteiger partial charge >= 0.3 is 6.18 Å². The molecule has 1 aromatic carbocycles. The SMILES string of the molecule is CC(N=C(N=CN)c1nc2c(s1)CCOc1cc(Br)ccc1-2)C(F)(F)F. The number of ether oxygens (including phenoxy) is 1. The Kier molecular flexibility index (Phi) is 5.33. The Hall–Kier alpha value is -1.94. The fraction of sp³-hybridized carbons (Fsp3) is 0.312. The molecule has 1 unspecified atom stereocenters. The molecule has 3 rings (SSSR count). The summed E-state index contributed by atoms with van der Waals surface area (Å²) in [6, 6.07) is 3.64. The molecular formula is C16H14BrF3N4OS. The normalized spacial score (nSPS) is 16.0. The minimum Gasteiger partial charge on any atom is -0.492 e. The first kappa shape index (κ1) is 18.8. The van der Waals surface area contributed by atoms with E-state index in [1.165, 1.54) is 11.3 Å². The fourth-order valence-corrected chi connectivity index (χ4v) is 3.71. The number of hydrogen-bond donors (Lipinski definition) is 1. The first-order valence-corrected chi connectivity index (χ1v) is 9.22. The van der Waals surface area contributed by atoms with E-state index in [1.54, 1.807) is 0 Å². The Morgan fingerprint density at radius 2 is 2.23 bits per heavy atom. The second-order valence-corrected chi connectivity index (χ2v) is 7.48. The van der Waals surface area contributed by atoms with Gasteiger partial charge in [-0.2, -0.15) is 13.2 Å². The molecule has 138 valence electrons. The maximum atomic E-state index is 12.9. The van der Waals surface area contributed by atoms with Crippen LogP contribution < -0.4 is 10.5 Å². The van der Waals surface area contributed by atoms with Gasteiger partial charge in [0.15, 0.2) is 10.8 Å². The number of aliphatic imine (C=N–C) groups is 2. The number of benzene rings is 1. The van der Waals surface area contributed by atoms with E-state index in [-0.39, 0.29) is 5.84 Å². The van der Waals surface area contributed by atoms with Gasteiger partial charge in [0.2, 0.25) is 0 Å². The lowest BCUT2D eigenvalue weighted by Crippen LogP contribution is -2.25. The van der Waals surface area contributed by atoms with E-state index in [9.17, 15) is 13.2 Å². The topological polar surface area (TPSA) is 72.9 Å². The van der Waals surface area contributed by atoms with Crippen LogP contribution in [-0.2, 0) is 6.42 Å². The Balaban J connectivity index is 2.07. The number of amidine groups is 1. The van der Waals surface area contributed by atoms with Crippen molar-refractivity contribution in [2.75, 3.05) is 6.61 Å². The van der Waals surface area contributed by atoms with Gasteiger partial charge in [-0.1, -0.05) is 15.9 Å². The van der Waals surface area contributed by atoms with Crippen LogP contribution >= 0.6 is 27.3 Å². The average Bonchev–Trinajstić information content (AvgIpc) is 2.90. The van der Waals surface area contributed by atoms with Crippen molar-refractivity contribution in [1.29, 1.82) is 0 Å². The summed E-state index contributed by atoms with van der Waals surface area (Å²) < 4.78 is 45.2. The number of nitrogens with zero attached hydrogens (tertiary/aromatic N) is 3. The van der Waals surface area contributed by atoms with Gasteiger partial charge in [-0.15, -0.1) is 11.3 Å². The van der Waals surface area contributed by atoms with Crippen LogP contribution in [0.5, 0.6) is 5.75 Å². The van der Waals surface area contributed by atoms with Crippen molar-refractivity contribution in [2.45, 2.75) is 25.6 Å². The molecule has 0 amide bonds. The summed E-state index contributed by atoms with van der Waals surface area (Å²) in [6.45, 7) is 1.41. The number of halogens is 4. The summed E-state index contributed by atoms with van der Waals surface area (Å²) in [4.78, 5) is 12.9. The van der Waals surface area contributed by atoms with Gasteiger partial charge in [0.25, 0.3) is 0 Å². The van der Waals surface area contributed by atoms with Crippen molar-refractivity contribution < 1.29 is 17.9 Å². The molecule has 0 radical (unpaired) electrons. The summed E-state index contributed by atoms with van der Waals surface area (Å²) in [5, 5.41) is 0.295. The first-order chi connectivity index (χ1) is 12.3. The smallest absolute Gasteiger partial charge is 0.410 e. The Labute approximate surface area is 160 Å². The summed E-state index contributed by atoms with van der Waals surface area (Å²) >= 11 is 4.64. The van der Waals surface area contributed by atoms with Crippen LogP contribution in [-0.4, -0.2) is 36.0 Å². The quantitative estimate of drug-likeness (QED) is 0.555. The molecular weight excluding hydrogens is 433 g/mol. The second-order valence-electron chi connectivity index (χ2n) is 5.48. The standard InChI is InChI=1S/C16H14BrF3N4OS/c1-8(16(18,19)20)23-14(22-7-21)15-24-13-10-3-2-9(17)6-11(10)25-5-4-12(13)26-15/h2-3,6-8H,4-5H2,1H3,(H2,21,22,23). The zero-order chi connectivity index (χ0) is 18.9. The van der Waals surface area contributed by atoms with E-state index in [4.69, 9.17) is 10.5 Å². The first-order valence-electron chi connectivity index (χ1n) is 7.61. The van der Waals surface area contributed by atoms with Crippen LogP contribution in [0.1, 0.15) is 16.8 Å². The number of alkyl halides is 3. The van der Waals surface area contributed by atoms with Crippen LogP contribution in [0.4, 0.5) is 13.2 Å². The highest BCUT2D eigenvalue weighted by atomic mass is 79.9. The van der Waals surface area contributed by atoms with E-state index >= 15 is 0 Å². The third-order valence-corrected chi connectivity index (χ3v) is 5.26. The van der Waals surface area contributed by atoms with Gasteiger partial charge < -0.3 is 10.5 Å². The van der Waals surface area contributed by atoms with Crippen molar-refractivity contribution in [3.8, 4) is 17.0 Å². The molecule has 2 N–H and O–H groups in total. The number of rotatable bonds is 2. The predicted molar refractivity (Wildman–Crippen MR) is 99.2 cm³/mol. The van der Waals surface area contributed by atoms with Gasteiger partial charge in [0.1, 0.15) is 11.8 Å². The third-order valence-electron chi connectivity index (χ3n) is 3.66. The highest BCUT2D eigenvalue weighted by Gasteiger charge is 2.36. The average molecular weight is 447 g/mol. The van der Waals surface area contributed by atoms with Crippen LogP contribution in [0.25, 0.3) is 11.3 Å². The lowest BCUT2D eigenvalue weighted by Gasteiger charge is -2.11. The molecule has 0 saturated carbocycles. The number of nitrogens with two attached hydrogens (primary N) is 1. The van der Waals surface area contributed by atoms with Crippen molar-refractivity contribution in [3.63, 3.8) is 0 Å². The molecule has 1 aromatic heterocycles. The molecule has 1 aliphatic heterocycles. The van der Waals surface area contributed by atoms with Crippen molar-refractivity contribution in [3.05, 3.63) is 32.6 Å². The van der Waals surface area contributed by atoms with Gasteiger partial charge in [0, 0.05) is 21.3 Å². The molecule has 0 aliphatic carbocycles. The summed E-state index contributed by atoms with van der Waals surface area (Å²) in [5.41, 5.74) is 6.74. The van der Waals surface area contributed by atoms with E-state index in [2.05, 4.69) is 30.9 Å². The largest absolute Gasteiger partial charge is 0.492 e. The van der Waals surface area contributed by atoms with Crippen molar-refractivity contribution in [1.82, 2.24) is 4.98 Å². The lowest BCUT2D eigenvalue weighted by atomic mass is 10.1. The van der Waals surface area contributed by atoms with E-state index in [0.29, 0.717) is 29.5 Å².